The Labute approximate surface area is 241 Å². The first-order chi connectivity index (χ1) is 20.5. The number of hydrogen-bond acceptors (Lipinski definition) is 7. The maximum Gasteiger partial charge on any atom is 0.297 e. The molecule has 0 saturated carbocycles. The van der Waals surface area contributed by atoms with Gasteiger partial charge in [-0.25, -0.2) is 9.98 Å². The third-order valence-corrected chi connectivity index (χ3v) is 6.85. The molecule has 0 saturated heterocycles. The number of fused-ring (bicyclic) bond motifs is 1. The minimum Gasteiger partial charge on any atom is -0.493 e. The predicted molar refractivity (Wildman–Crippen MR) is 162 cm³/mol. The molecule has 1 amide bonds. The maximum absolute atomic E-state index is 14.3. The van der Waals surface area contributed by atoms with Crippen molar-refractivity contribution in [2.24, 2.45) is 4.99 Å². The molecule has 1 aliphatic rings. The third kappa shape index (κ3) is 4.56. The molecule has 208 valence electrons. The van der Waals surface area contributed by atoms with Crippen LogP contribution in [0.1, 0.15) is 11.1 Å². The summed E-state index contributed by atoms with van der Waals surface area (Å²) in [4.78, 5) is 38.0. The van der Waals surface area contributed by atoms with E-state index in [9.17, 15) is 9.59 Å². The zero-order valence-corrected chi connectivity index (χ0v) is 23.1. The first kappa shape index (κ1) is 26.5. The van der Waals surface area contributed by atoms with Gasteiger partial charge in [0.15, 0.2) is 23.2 Å². The zero-order valence-electron chi connectivity index (χ0n) is 23.1. The molecule has 0 radical (unpaired) electrons. The van der Waals surface area contributed by atoms with E-state index in [2.05, 4.69) is 0 Å². The van der Waals surface area contributed by atoms with E-state index in [0.29, 0.717) is 50.7 Å². The lowest BCUT2D eigenvalue weighted by atomic mass is 10.1. The summed E-state index contributed by atoms with van der Waals surface area (Å²) in [7, 11) is 4.56. The predicted octanol–water partition coefficient (Wildman–Crippen LogP) is 5.06. The molecule has 0 spiro atoms. The molecule has 9 nitrogen and oxygen atoms in total. The molecule has 2 heterocycles. The SMILES string of the molecule is COc1cc(C=C2N=C(c3ccccc3)N(n3c(-c4ccccc4)nc4ccccc4c3=O)C2=O)cc(OC)c1OC. The summed E-state index contributed by atoms with van der Waals surface area (Å²) in [5.74, 6) is 1.38. The summed E-state index contributed by atoms with van der Waals surface area (Å²) in [6.07, 6.45) is 1.62. The largest absolute Gasteiger partial charge is 0.493 e. The number of methoxy groups -OCH3 is 3. The number of amides is 1. The van der Waals surface area contributed by atoms with E-state index in [1.807, 2.05) is 66.7 Å². The van der Waals surface area contributed by atoms with Crippen LogP contribution in [0, 0.1) is 0 Å². The van der Waals surface area contributed by atoms with E-state index in [0.717, 1.165) is 0 Å². The fourth-order valence-corrected chi connectivity index (χ4v) is 4.89. The summed E-state index contributed by atoms with van der Waals surface area (Å²) in [6, 6.07) is 29.0. The van der Waals surface area contributed by atoms with Gasteiger partial charge in [0, 0.05) is 11.1 Å². The lowest BCUT2D eigenvalue weighted by Gasteiger charge is -2.23. The van der Waals surface area contributed by atoms with Crippen LogP contribution in [0.25, 0.3) is 28.4 Å². The molecule has 4 aromatic carbocycles. The number of rotatable bonds is 7. The van der Waals surface area contributed by atoms with Gasteiger partial charge in [-0.3, -0.25) is 9.59 Å². The Morgan fingerprint density at radius 3 is 1.93 bits per heavy atom. The van der Waals surface area contributed by atoms with Crippen LogP contribution in [-0.4, -0.2) is 42.7 Å². The molecular weight excluding hydrogens is 532 g/mol. The van der Waals surface area contributed by atoms with Crippen LogP contribution in [-0.2, 0) is 4.79 Å². The average Bonchev–Trinajstić information content (AvgIpc) is 3.36. The third-order valence-electron chi connectivity index (χ3n) is 6.85. The molecule has 1 aliphatic heterocycles. The van der Waals surface area contributed by atoms with Gasteiger partial charge in [-0.15, -0.1) is 0 Å². The Morgan fingerprint density at radius 2 is 1.31 bits per heavy atom. The van der Waals surface area contributed by atoms with Crippen molar-refractivity contribution >= 4 is 28.7 Å². The van der Waals surface area contributed by atoms with Crippen molar-refractivity contribution in [3.05, 3.63) is 124 Å². The number of carbonyl (C=O) groups excluding carboxylic acids is 1. The van der Waals surface area contributed by atoms with Crippen LogP contribution in [0.5, 0.6) is 17.2 Å². The van der Waals surface area contributed by atoms with Crippen molar-refractivity contribution in [2.45, 2.75) is 0 Å². The number of benzene rings is 4. The Hall–Kier alpha value is -5.70. The van der Waals surface area contributed by atoms with E-state index in [1.165, 1.54) is 31.0 Å². The van der Waals surface area contributed by atoms with Gasteiger partial charge < -0.3 is 14.2 Å². The van der Waals surface area contributed by atoms with Gasteiger partial charge in [-0.05, 0) is 35.9 Å². The molecule has 0 fully saturated rings. The maximum atomic E-state index is 14.3. The molecule has 6 rings (SSSR count). The molecule has 0 aliphatic carbocycles. The summed E-state index contributed by atoms with van der Waals surface area (Å²) in [5.41, 5.74) is 2.15. The Kier molecular flexibility index (Phi) is 6.98. The lowest BCUT2D eigenvalue weighted by Crippen LogP contribution is -2.49. The highest BCUT2D eigenvalue weighted by Crippen LogP contribution is 2.39. The van der Waals surface area contributed by atoms with Gasteiger partial charge in [0.25, 0.3) is 11.5 Å². The number of amidine groups is 1. The molecule has 42 heavy (non-hydrogen) atoms. The van der Waals surface area contributed by atoms with E-state index in [-0.39, 0.29) is 11.5 Å². The van der Waals surface area contributed by atoms with Crippen molar-refractivity contribution in [1.29, 1.82) is 0 Å². The van der Waals surface area contributed by atoms with Gasteiger partial charge in [0.2, 0.25) is 5.75 Å². The number of carbonyl (C=O) groups is 1. The number of hydrogen-bond donors (Lipinski definition) is 0. The number of para-hydroxylation sites is 1. The van der Waals surface area contributed by atoms with Crippen LogP contribution < -0.4 is 24.8 Å². The average molecular weight is 559 g/mol. The molecular formula is C33H26N4O5. The Balaban J connectivity index is 1.60. The van der Waals surface area contributed by atoms with Crippen molar-refractivity contribution in [2.75, 3.05) is 26.3 Å². The molecule has 0 atom stereocenters. The first-order valence-electron chi connectivity index (χ1n) is 13.1. The van der Waals surface area contributed by atoms with Crippen LogP contribution in [0.15, 0.2) is 113 Å². The van der Waals surface area contributed by atoms with E-state index >= 15 is 0 Å². The normalized spacial score (nSPS) is 13.9. The second-order valence-electron chi connectivity index (χ2n) is 9.34. The molecule has 0 N–H and O–H groups in total. The van der Waals surface area contributed by atoms with Gasteiger partial charge in [0.05, 0.1) is 32.2 Å². The number of aromatic nitrogens is 2. The van der Waals surface area contributed by atoms with Crippen molar-refractivity contribution in [1.82, 2.24) is 9.66 Å². The smallest absolute Gasteiger partial charge is 0.297 e. The van der Waals surface area contributed by atoms with Gasteiger partial charge >= 0.3 is 0 Å². The van der Waals surface area contributed by atoms with Crippen LogP contribution in [0.2, 0.25) is 0 Å². The van der Waals surface area contributed by atoms with Crippen LogP contribution in [0.4, 0.5) is 0 Å². The molecule has 0 unspecified atom stereocenters. The minimum absolute atomic E-state index is 0.113. The summed E-state index contributed by atoms with van der Waals surface area (Å²) < 4.78 is 17.7. The number of aliphatic imine (C=N–C) groups is 1. The summed E-state index contributed by atoms with van der Waals surface area (Å²) in [5, 5.41) is 1.67. The second kappa shape index (κ2) is 11.1. The Bertz CT molecular complexity index is 1910. The van der Waals surface area contributed by atoms with Gasteiger partial charge in [0.1, 0.15) is 5.70 Å². The highest BCUT2D eigenvalue weighted by Gasteiger charge is 2.36. The molecule has 1 aromatic heterocycles. The second-order valence-corrected chi connectivity index (χ2v) is 9.34. The summed E-state index contributed by atoms with van der Waals surface area (Å²) in [6.45, 7) is 0. The number of nitrogens with zero attached hydrogens (tertiary/aromatic N) is 4. The van der Waals surface area contributed by atoms with E-state index < -0.39 is 11.5 Å². The molecule has 9 heteroatoms. The Morgan fingerprint density at radius 1 is 0.714 bits per heavy atom. The number of ether oxygens (including phenoxy) is 3. The topological polar surface area (TPSA) is 95.2 Å². The van der Waals surface area contributed by atoms with Gasteiger partial charge in [-0.1, -0.05) is 72.8 Å². The van der Waals surface area contributed by atoms with Gasteiger partial charge in [-0.2, -0.15) is 9.69 Å². The molecule has 0 bridgehead atoms. The monoisotopic (exact) mass is 558 g/mol. The standard InChI is InChI=1S/C33H26N4O5/c1-40-27-19-21(20-28(41-2)29(27)42-3)18-26-33(39)37(31(35-26)23-14-8-5-9-15-23)36-30(22-12-6-4-7-13-22)34-25-17-11-10-16-24(25)32(36)38/h4-20H,1-3H3. The van der Waals surface area contributed by atoms with Crippen molar-refractivity contribution in [3.8, 4) is 28.6 Å². The van der Waals surface area contributed by atoms with Crippen LogP contribution >= 0.6 is 0 Å². The fraction of sp³-hybridized carbons (Fsp3) is 0.0909. The highest BCUT2D eigenvalue weighted by atomic mass is 16.5. The summed E-state index contributed by atoms with van der Waals surface area (Å²) >= 11 is 0. The lowest BCUT2D eigenvalue weighted by molar-refractivity contribution is -0.115. The zero-order chi connectivity index (χ0) is 29.2. The van der Waals surface area contributed by atoms with Crippen molar-refractivity contribution < 1.29 is 19.0 Å². The first-order valence-corrected chi connectivity index (χ1v) is 13.1. The fourth-order valence-electron chi connectivity index (χ4n) is 4.89. The van der Waals surface area contributed by atoms with Crippen molar-refractivity contribution in [3.63, 3.8) is 0 Å². The molecule has 5 aromatic rings. The highest BCUT2D eigenvalue weighted by molar-refractivity contribution is 6.29. The van der Waals surface area contributed by atoms with E-state index in [4.69, 9.17) is 24.2 Å². The minimum atomic E-state index is -0.501. The quantitative estimate of drug-likeness (QED) is 0.259. The van der Waals surface area contributed by atoms with Crippen LogP contribution in [0.3, 0.4) is 0 Å². The van der Waals surface area contributed by atoms with E-state index in [1.54, 1.807) is 36.4 Å².